The third kappa shape index (κ3) is 5.92. The number of aromatic nitrogens is 2. The lowest BCUT2D eigenvalue weighted by molar-refractivity contribution is -0.118. The van der Waals surface area contributed by atoms with Crippen molar-refractivity contribution in [3.63, 3.8) is 0 Å². The number of benzene rings is 1. The monoisotopic (exact) mass is 511 g/mol. The molecule has 184 valence electrons. The number of carbonyl (C=O) groups excluding carboxylic acids is 1. The Hall–Kier alpha value is -2.11. The largest absolute Gasteiger partial charge is 0.396 e. The van der Waals surface area contributed by atoms with Crippen molar-refractivity contribution in [1.82, 2.24) is 9.97 Å². The molecule has 1 heterocycles. The van der Waals surface area contributed by atoms with Gasteiger partial charge in [0, 0.05) is 5.75 Å². The van der Waals surface area contributed by atoms with E-state index >= 15 is 0 Å². The number of anilines is 1. The van der Waals surface area contributed by atoms with Crippen LogP contribution in [0.4, 0.5) is 14.6 Å². The van der Waals surface area contributed by atoms with Crippen molar-refractivity contribution in [2.24, 2.45) is 5.92 Å². The minimum atomic E-state index is -3.36. The van der Waals surface area contributed by atoms with Crippen LogP contribution in [0.2, 0.25) is 0 Å². The van der Waals surface area contributed by atoms with Gasteiger partial charge in [0.05, 0.1) is 35.1 Å². The second-order valence-electron chi connectivity index (χ2n) is 8.77. The average molecular weight is 512 g/mol. The average Bonchev–Trinajstić information content (AvgIpc) is 3.63. The van der Waals surface area contributed by atoms with Gasteiger partial charge in [0.2, 0.25) is 5.91 Å². The van der Waals surface area contributed by atoms with Crippen molar-refractivity contribution in [3.05, 3.63) is 42.2 Å². The Bertz CT molecular complexity index is 1090. The second-order valence-corrected chi connectivity index (χ2v) is 12.1. The Morgan fingerprint density at radius 2 is 1.79 bits per heavy atom. The molecule has 11 heteroatoms. The number of thioether (sulfide) groups is 1. The fraction of sp³-hybridized carbons (Fsp3) is 0.522. The highest BCUT2D eigenvalue weighted by molar-refractivity contribution is 7.99. The molecule has 3 atom stereocenters. The van der Waals surface area contributed by atoms with Crippen LogP contribution in [0.15, 0.2) is 46.6 Å². The molecular formula is C23H27F2N3O4S2. The maximum atomic E-state index is 13.8. The number of carbonyl (C=O) groups is 1. The van der Waals surface area contributed by atoms with Crippen molar-refractivity contribution in [2.45, 2.75) is 65.5 Å². The molecular weight excluding hydrogens is 484 g/mol. The van der Waals surface area contributed by atoms with E-state index in [0.29, 0.717) is 29.2 Å². The van der Waals surface area contributed by atoms with Crippen LogP contribution in [0, 0.1) is 5.92 Å². The van der Waals surface area contributed by atoms with Crippen LogP contribution in [0.25, 0.3) is 0 Å². The molecule has 0 spiro atoms. The van der Waals surface area contributed by atoms with E-state index in [2.05, 4.69) is 15.3 Å². The van der Waals surface area contributed by atoms with Crippen LogP contribution < -0.4 is 5.32 Å². The Morgan fingerprint density at radius 1 is 1.12 bits per heavy atom. The summed E-state index contributed by atoms with van der Waals surface area (Å²) in [4.78, 5) is 21.8. The van der Waals surface area contributed by atoms with E-state index in [-0.39, 0.29) is 47.8 Å². The quantitative estimate of drug-likeness (QED) is 0.468. The van der Waals surface area contributed by atoms with E-state index in [9.17, 15) is 22.0 Å². The number of nitrogens with zero attached hydrogens (tertiary/aromatic N) is 2. The third-order valence-corrected chi connectivity index (χ3v) is 9.36. The van der Waals surface area contributed by atoms with E-state index < -0.39 is 34.0 Å². The first kappa shape index (κ1) is 25.0. The molecule has 2 unspecified atom stereocenters. The summed E-state index contributed by atoms with van der Waals surface area (Å²) in [5.41, 5.74) is 0.577. The SMILES string of the molecule is O=C(Nc1cnc(SCCO)cn1)[C@H](CC1CC(F)C(F)C1)c1ccc(S(=O)(=O)C2CC2)cc1. The molecule has 0 radical (unpaired) electrons. The Labute approximate surface area is 201 Å². The van der Waals surface area contributed by atoms with E-state index in [0.717, 1.165) is 0 Å². The maximum absolute atomic E-state index is 13.8. The van der Waals surface area contributed by atoms with Crippen LogP contribution in [-0.4, -0.2) is 59.4 Å². The maximum Gasteiger partial charge on any atom is 0.233 e. The first-order chi connectivity index (χ1) is 16.3. The molecule has 0 aliphatic heterocycles. The minimum Gasteiger partial charge on any atom is -0.396 e. The highest BCUT2D eigenvalue weighted by Gasteiger charge is 2.38. The van der Waals surface area contributed by atoms with Gasteiger partial charge in [-0.3, -0.25) is 4.79 Å². The van der Waals surface area contributed by atoms with Crippen LogP contribution in [0.3, 0.4) is 0 Å². The normalized spacial score (nSPS) is 23.6. The number of halogens is 2. The third-order valence-electron chi connectivity index (χ3n) is 6.19. The van der Waals surface area contributed by atoms with E-state index in [1.807, 2.05) is 0 Å². The van der Waals surface area contributed by atoms with Crippen LogP contribution in [-0.2, 0) is 14.6 Å². The summed E-state index contributed by atoms with van der Waals surface area (Å²) < 4.78 is 52.6. The number of hydrogen-bond donors (Lipinski definition) is 2. The zero-order chi connectivity index (χ0) is 24.3. The topological polar surface area (TPSA) is 109 Å². The van der Waals surface area contributed by atoms with Crippen molar-refractivity contribution in [3.8, 4) is 0 Å². The predicted molar refractivity (Wildman–Crippen MR) is 125 cm³/mol. The molecule has 0 saturated heterocycles. The predicted octanol–water partition coefficient (Wildman–Crippen LogP) is 3.70. The second kappa shape index (κ2) is 10.7. The van der Waals surface area contributed by atoms with E-state index in [4.69, 9.17) is 5.11 Å². The van der Waals surface area contributed by atoms with Gasteiger partial charge in [0.25, 0.3) is 0 Å². The molecule has 2 N–H and O–H groups in total. The van der Waals surface area contributed by atoms with Gasteiger partial charge >= 0.3 is 0 Å². The zero-order valence-electron chi connectivity index (χ0n) is 18.4. The highest BCUT2D eigenvalue weighted by Crippen LogP contribution is 2.39. The lowest BCUT2D eigenvalue weighted by Gasteiger charge is -2.20. The molecule has 4 rings (SSSR count). The molecule has 34 heavy (non-hydrogen) atoms. The molecule has 2 aliphatic carbocycles. The Morgan fingerprint density at radius 3 is 2.35 bits per heavy atom. The molecule has 7 nitrogen and oxygen atoms in total. The number of alkyl halides is 2. The van der Waals surface area contributed by atoms with Gasteiger partial charge in [-0.1, -0.05) is 12.1 Å². The molecule has 0 bridgehead atoms. The van der Waals surface area contributed by atoms with Gasteiger partial charge in [-0.05, 0) is 55.7 Å². The number of nitrogens with one attached hydrogen (secondary N) is 1. The Balaban J connectivity index is 1.52. The van der Waals surface area contributed by atoms with Crippen LogP contribution in [0.5, 0.6) is 0 Å². The van der Waals surface area contributed by atoms with Gasteiger partial charge in [0.1, 0.15) is 17.4 Å². The fourth-order valence-corrected chi connectivity index (χ4v) is 6.44. The number of aliphatic hydroxyl groups is 1. The summed E-state index contributed by atoms with van der Waals surface area (Å²) in [6.07, 6.45) is 1.48. The summed E-state index contributed by atoms with van der Waals surface area (Å²) in [6.45, 7) is 0.00784. The van der Waals surface area contributed by atoms with Gasteiger partial charge in [-0.25, -0.2) is 27.2 Å². The first-order valence-electron chi connectivity index (χ1n) is 11.3. The van der Waals surface area contributed by atoms with Crippen molar-refractivity contribution in [2.75, 3.05) is 17.7 Å². The number of sulfone groups is 1. The number of rotatable bonds is 10. The number of amides is 1. The van der Waals surface area contributed by atoms with Crippen molar-refractivity contribution < 1.29 is 27.1 Å². The van der Waals surface area contributed by atoms with E-state index in [1.165, 1.54) is 36.3 Å². The lowest BCUT2D eigenvalue weighted by atomic mass is 9.87. The summed E-state index contributed by atoms with van der Waals surface area (Å²) in [5, 5.41) is 11.9. The summed E-state index contributed by atoms with van der Waals surface area (Å²) in [6, 6.07) is 6.21. The van der Waals surface area contributed by atoms with Crippen LogP contribution in [0.1, 0.15) is 43.6 Å². The van der Waals surface area contributed by atoms with Gasteiger partial charge in [0.15, 0.2) is 15.7 Å². The highest BCUT2D eigenvalue weighted by atomic mass is 32.2. The van der Waals surface area contributed by atoms with Crippen LogP contribution >= 0.6 is 11.8 Å². The van der Waals surface area contributed by atoms with Crippen molar-refractivity contribution >= 4 is 33.3 Å². The molecule has 1 amide bonds. The molecule has 2 aliphatic rings. The summed E-state index contributed by atoms with van der Waals surface area (Å²) >= 11 is 1.33. The van der Waals surface area contributed by atoms with Gasteiger partial charge in [-0.2, -0.15) is 0 Å². The van der Waals surface area contributed by atoms with Crippen molar-refractivity contribution in [1.29, 1.82) is 0 Å². The molecule has 2 fully saturated rings. The Kier molecular flexibility index (Phi) is 7.83. The van der Waals surface area contributed by atoms with E-state index in [1.54, 1.807) is 12.1 Å². The molecule has 2 aromatic rings. The molecule has 2 saturated carbocycles. The summed E-state index contributed by atoms with van der Waals surface area (Å²) in [7, 11) is -3.36. The number of hydrogen-bond acceptors (Lipinski definition) is 7. The first-order valence-corrected chi connectivity index (χ1v) is 13.8. The molecule has 1 aromatic carbocycles. The molecule has 1 aromatic heterocycles. The summed E-state index contributed by atoms with van der Waals surface area (Å²) in [5.74, 6) is -0.735. The minimum absolute atomic E-state index is 0.00784. The smallest absolute Gasteiger partial charge is 0.233 e. The standard InChI is InChI=1S/C23H27F2N3O4S2/c24-19-10-14(11-20(19)25)9-18(15-1-3-16(4-2-15)34(31,32)17-5-6-17)23(30)28-21-12-27-22(13-26-21)33-8-7-29/h1-4,12-14,17-20,29H,5-11H2,(H,26,28,30)/t14?,18-,19?,20?/m1/s1. The van der Waals surface area contributed by atoms with Gasteiger partial charge in [-0.15, -0.1) is 11.8 Å². The van der Waals surface area contributed by atoms with Gasteiger partial charge < -0.3 is 10.4 Å². The fourth-order valence-electron chi connectivity index (χ4n) is 4.23. The lowest BCUT2D eigenvalue weighted by Crippen LogP contribution is -2.24. The zero-order valence-corrected chi connectivity index (χ0v) is 20.1. The number of aliphatic hydroxyl groups excluding tert-OH is 1.